The van der Waals surface area contributed by atoms with E-state index < -0.39 is 11.9 Å². The zero-order valence-electron chi connectivity index (χ0n) is 12.5. The second kappa shape index (κ2) is 7.85. The molecule has 0 radical (unpaired) electrons. The van der Waals surface area contributed by atoms with Crippen molar-refractivity contribution in [3.8, 4) is 5.75 Å². The molecule has 0 saturated heterocycles. The van der Waals surface area contributed by atoms with Gasteiger partial charge in [-0.2, -0.15) is 0 Å². The van der Waals surface area contributed by atoms with Crippen molar-refractivity contribution in [2.75, 3.05) is 6.61 Å². The number of benzene rings is 2. The number of carbonyl (C=O) groups is 1. The molecule has 2 aromatic carbocycles. The van der Waals surface area contributed by atoms with E-state index in [0.717, 1.165) is 11.1 Å². The first-order valence-electron chi connectivity index (χ1n) is 7.24. The van der Waals surface area contributed by atoms with Gasteiger partial charge in [0.15, 0.2) is 0 Å². The molecule has 2 aromatic rings. The Balaban J connectivity index is 1.89. The van der Waals surface area contributed by atoms with E-state index in [1.165, 1.54) is 0 Å². The van der Waals surface area contributed by atoms with Gasteiger partial charge < -0.3 is 9.84 Å². The summed E-state index contributed by atoms with van der Waals surface area (Å²) in [5.74, 6) is -0.677. The number of rotatable bonds is 7. The van der Waals surface area contributed by atoms with Crippen molar-refractivity contribution in [2.45, 2.75) is 25.7 Å². The molecule has 0 amide bonds. The van der Waals surface area contributed by atoms with Gasteiger partial charge in [-0.25, -0.2) is 0 Å². The van der Waals surface area contributed by atoms with Crippen molar-refractivity contribution in [1.82, 2.24) is 0 Å². The summed E-state index contributed by atoms with van der Waals surface area (Å²) >= 11 is 6.01. The number of carboxylic acid groups (broad SMARTS) is 1. The molecule has 0 spiro atoms. The number of carboxylic acids is 1. The molecule has 0 aliphatic carbocycles. The van der Waals surface area contributed by atoms with E-state index in [-0.39, 0.29) is 0 Å². The van der Waals surface area contributed by atoms with Crippen LogP contribution >= 0.6 is 11.6 Å². The lowest BCUT2D eigenvalue weighted by Crippen LogP contribution is -2.13. The molecular formula is C18H19ClO3. The highest BCUT2D eigenvalue weighted by molar-refractivity contribution is 6.32. The van der Waals surface area contributed by atoms with E-state index >= 15 is 0 Å². The molecule has 3 nitrogen and oxygen atoms in total. The average molecular weight is 319 g/mol. The van der Waals surface area contributed by atoms with E-state index in [1.807, 2.05) is 43.3 Å². The number of aliphatic carboxylic acids is 1. The summed E-state index contributed by atoms with van der Waals surface area (Å²) in [6.07, 6.45) is 1.18. The Kier molecular flexibility index (Phi) is 5.84. The second-order valence-corrected chi connectivity index (χ2v) is 5.63. The summed E-state index contributed by atoms with van der Waals surface area (Å²) < 4.78 is 5.60. The fraction of sp³-hybridized carbons (Fsp3) is 0.278. The van der Waals surface area contributed by atoms with E-state index in [0.29, 0.717) is 30.2 Å². The van der Waals surface area contributed by atoms with Gasteiger partial charge in [-0.05, 0) is 37.5 Å². The largest absolute Gasteiger partial charge is 0.492 e. The van der Waals surface area contributed by atoms with Crippen LogP contribution in [0.5, 0.6) is 5.75 Å². The van der Waals surface area contributed by atoms with Crippen LogP contribution in [0.2, 0.25) is 5.02 Å². The van der Waals surface area contributed by atoms with Crippen LogP contribution in [0.3, 0.4) is 0 Å². The number of hydrogen-bond acceptors (Lipinski definition) is 2. The molecule has 0 bridgehead atoms. The molecule has 0 aliphatic heterocycles. The monoisotopic (exact) mass is 318 g/mol. The summed E-state index contributed by atoms with van der Waals surface area (Å²) in [4.78, 5) is 11.4. The molecule has 0 aromatic heterocycles. The Morgan fingerprint density at radius 3 is 2.50 bits per heavy atom. The van der Waals surface area contributed by atoms with Crippen LogP contribution in [0.25, 0.3) is 0 Å². The lowest BCUT2D eigenvalue weighted by Gasteiger charge is -2.14. The van der Waals surface area contributed by atoms with Crippen molar-refractivity contribution in [3.63, 3.8) is 0 Å². The fourth-order valence-corrected chi connectivity index (χ4v) is 2.45. The van der Waals surface area contributed by atoms with Crippen molar-refractivity contribution < 1.29 is 14.6 Å². The van der Waals surface area contributed by atoms with Crippen LogP contribution in [0, 0.1) is 6.92 Å². The minimum absolute atomic E-state index is 0.444. The number of halogens is 1. The van der Waals surface area contributed by atoms with Gasteiger partial charge in [0.05, 0.1) is 17.5 Å². The van der Waals surface area contributed by atoms with Crippen LogP contribution in [-0.2, 0) is 4.79 Å². The van der Waals surface area contributed by atoms with Gasteiger partial charge >= 0.3 is 5.97 Å². The number of aryl methyl sites for hydroxylation is 1. The molecule has 0 saturated carbocycles. The molecule has 1 unspecified atom stereocenters. The molecule has 0 fully saturated rings. The number of ether oxygens (including phenoxy) is 1. The van der Waals surface area contributed by atoms with Gasteiger partial charge in [0.25, 0.3) is 0 Å². The summed E-state index contributed by atoms with van der Waals surface area (Å²) in [5, 5.41) is 9.96. The van der Waals surface area contributed by atoms with Crippen molar-refractivity contribution >= 4 is 17.6 Å². The Bertz CT molecular complexity index is 622. The molecule has 22 heavy (non-hydrogen) atoms. The quantitative estimate of drug-likeness (QED) is 0.754. The van der Waals surface area contributed by atoms with Crippen molar-refractivity contribution in [2.24, 2.45) is 0 Å². The summed E-state index contributed by atoms with van der Waals surface area (Å²) in [7, 11) is 0. The SMILES string of the molecule is Cc1ccc(C(CCCOc2ccccc2Cl)C(=O)O)cc1. The van der Waals surface area contributed by atoms with Crippen molar-refractivity contribution in [3.05, 3.63) is 64.7 Å². The Morgan fingerprint density at radius 1 is 1.18 bits per heavy atom. The Hall–Kier alpha value is -2.00. The molecule has 2 rings (SSSR count). The minimum Gasteiger partial charge on any atom is -0.492 e. The van der Waals surface area contributed by atoms with Gasteiger partial charge in [-0.15, -0.1) is 0 Å². The van der Waals surface area contributed by atoms with E-state index in [9.17, 15) is 9.90 Å². The van der Waals surface area contributed by atoms with Gasteiger partial charge in [0.2, 0.25) is 0 Å². The summed E-state index contributed by atoms with van der Waals surface area (Å²) in [5.41, 5.74) is 1.95. The molecule has 1 N–H and O–H groups in total. The zero-order chi connectivity index (χ0) is 15.9. The Labute approximate surface area is 135 Å². The van der Waals surface area contributed by atoms with Gasteiger partial charge in [-0.3, -0.25) is 4.79 Å². The number of para-hydroxylation sites is 1. The first-order valence-corrected chi connectivity index (χ1v) is 7.62. The maximum atomic E-state index is 11.4. The van der Waals surface area contributed by atoms with Crippen LogP contribution in [-0.4, -0.2) is 17.7 Å². The molecule has 1 atom stereocenters. The van der Waals surface area contributed by atoms with Crippen LogP contribution in [0.1, 0.15) is 29.9 Å². The van der Waals surface area contributed by atoms with E-state index in [4.69, 9.17) is 16.3 Å². The first-order chi connectivity index (χ1) is 10.6. The van der Waals surface area contributed by atoms with Crippen molar-refractivity contribution in [1.29, 1.82) is 0 Å². The Morgan fingerprint density at radius 2 is 1.86 bits per heavy atom. The topological polar surface area (TPSA) is 46.5 Å². The van der Waals surface area contributed by atoms with E-state index in [1.54, 1.807) is 12.1 Å². The lowest BCUT2D eigenvalue weighted by molar-refractivity contribution is -0.139. The molecule has 0 aliphatic rings. The third-order valence-corrected chi connectivity index (χ3v) is 3.82. The number of hydrogen-bond donors (Lipinski definition) is 1. The van der Waals surface area contributed by atoms with Crippen LogP contribution in [0.15, 0.2) is 48.5 Å². The van der Waals surface area contributed by atoms with Crippen LogP contribution in [0.4, 0.5) is 0 Å². The van der Waals surface area contributed by atoms with Crippen LogP contribution < -0.4 is 4.74 Å². The highest BCUT2D eigenvalue weighted by atomic mass is 35.5. The second-order valence-electron chi connectivity index (χ2n) is 5.22. The minimum atomic E-state index is -0.804. The van der Waals surface area contributed by atoms with E-state index in [2.05, 4.69) is 0 Å². The van der Waals surface area contributed by atoms with Gasteiger partial charge in [0.1, 0.15) is 5.75 Å². The lowest BCUT2D eigenvalue weighted by atomic mass is 9.94. The first kappa shape index (κ1) is 16.4. The highest BCUT2D eigenvalue weighted by Crippen LogP contribution is 2.25. The standard InChI is InChI=1S/C18H19ClO3/c1-13-8-10-14(11-9-13)15(18(20)21)5-4-12-22-17-7-3-2-6-16(17)19/h2-3,6-11,15H,4-5,12H2,1H3,(H,20,21). The van der Waals surface area contributed by atoms with Gasteiger partial charge in [0, 0.05) is 0 Å². The normalized spacial score (nSPS) is 11.9. The maximum Gasteiger partial charge on any atom is 0.310 e. The summed E-state index contributed by atoms with van der Waals surface area (Å²) in [6, 6.07) is 14.9. The highest BCUT2D eigenvalue weighted by Gasteiger charge is 2.19. The predicted molar refractivity (Wildman–Crippen MR) is 87.7 cm³/mol. The zero-order valence-corrected chi connectivity index (χ0v) is 13.2. The average Bonchev–Trinajstić information content (AvgIpc) is 2.50. The maximum absolute atomic E-state index is 11.4. The van der Waals surface area contributed by atoms with Gasteiger partial charge in [-0.1, -0.05) is 53.6 Å². The molecular weight excluding hydrogens is 300 g/mol. The smallest absolute Gasteiger partial charge is 0.310 e. The molecule has 4 heteroatoms. The predicted octanol–water partition coefficient (Wildman–Crippen LogP) is 4.68. The third kappa shape index (κ3) is 4.50. The molecule has 0 heterocycles. The fourth-order valence-electron chi connectivity index (χ4n) is 2.26. The molecule has 116 valence electrons. The summed E-state index contributed by atoms with van der Waals surface area (Å²) in [6.45, 7) is 2.43. The third-order valence-electron chi connectivity index (χ3n) is 3.51.